The van der Waals surface area contributed by atoms with Gasteiger partial charge in [-0.05, 0) is 30.2 Å². The van der Waals surface area contributed by atoms with Gasteiger partial charge in [0.25, 0.3) is 0 Å². The highest BCUT2D eigenvalue weighted by molar-refractivity contribution is 7.15. The van der Waals surface area contributed by atoms with Crippen molar-refractivity contribution in [2.45, 2.75) is 13.5 Å². The molecule has 20 heavy (non-hydrogen) atoms. The Labute approximate surface area is 122 Å². The van der Waals surface area contributed by atoms with Crippen molar-refractivity contribution >= 4 is 17.2 Å². The normalized spacial score (nSPS) is 10.4. The zero-order chi connectivity index (χ0) is 13.8. The molecule has 0 aliphatic carbocycles. The molecule has 2 heterocycles. The van der Waals surface area contributed by atoms with Gasteiger partial charge < -0.3 is 5.32 Å². The summed E-state index contributed by atoms with van der Waals surface area (Å²) in [5.74, 6) is 0.797. The smallest absolute Gasteiger partial charge is 0.144 e. The lowest BCUT2D eigenvalue weighted by Gasteiger charge is -2.05. The molecular weight excluding hydrogens is 266 g/mol. The molecule has 1 N–H and O–H groups in total. The second-order valence-corrected chi connectivity index (χ2v) is 5.84. The monoisotopic (exact) mass is 281 g/mol. The van der Waals surface area contributed by atoms with E-state index in [1.54, 1.807) is 18.6 Å². The second-order valence-electron chi connectivity index (χ2n) is 4.55. The van der Waals surface area contributed by atoms with Crippen LogP contribution in [-0.2, 0) is 6.54 Å². The van der Waals surface area contributed by atoms with Crippen molar-refractivity contribution in [3.05, 3.63) is 65.4 Å². The fourth-order valence-electron chi connectivity index (χ4n) is 1.96. The van der Waals surface area contributed by atoms with Crippen molar-refractivity contribution in [2.75, 3.05) is 5.32 Å². The van der Waals surface area contributed by atoms with Crippen molar-refractivity contribution in [2.24, 2.45) is 0 Å². The Hall–Kier alpha value is -2.20. The molecule has 0 bridgehead atoms. The summed E-state index contributed by atoms with van der Waals surface area (Å²) in [5.41, 5.74) is 2.50. The van der Waals surface area contributed by atoms with Crippen LogP contribution in [0.4, 0.5) is 5.82 Å². The molecule has 1 aromatic carbocycles. The third-order valence-corrected chi connectivity index (χ3v) is 4.07. The van der Waals surface area contributed by atoms with Crippen LogP contribution < -0.4 is 5.32 Å². The highest BCUT2D eigenvalue weighted by Gasteiger charge is 2.01. The first kappa shape index (κ1) is 12.8. The summed E-state index contributed by atoms with van der Waals surface area (Å²) in [4.78, 5) is 10.9. The SMILES string of the molecule is Cc1ccc(-c2ccc(CNc3cnccn3)cc2)s1. The molecule has 4 heteroatoms. The third-order valence-electron chi connectivity index (χ3n) is 3.02. The third kappa shape index (κ3) is 3.03. The van der Waals surface area contributed by atoms with E-state index in [1.807, 2.05) is 11.3 Å². The summed E-state index contributed by atoms with van der Waals surface area (Å²) >= 11 is 1.82. The Morgan fingerprint density at radius 2 is 1.90 bits per heavy atom. The number of thiophene rings is 1. The average molecular weight is 281 g/mol. The van der Waals surface area contributed by atoms with E-state index in [4.69, 9.17) is 0 Å². The van der Waals surface area contributed by atoms with Gasteiger partial charge in [-0.1, -0.05) is 24.3 Å². The van der Waals surface area contributed by atoms with Gasteiger partial charge >= 0.3 is 0 Å². The van der Waals surface area contributed by atoms with Gasteiger partial charge in [0.15, 0.2) is 0 Å². The van der Waals surface area contributed by atoms with E-state index >= 15 is 0 Å². The van der Waals surface area contributed by atoms with Gasteiger partial charge in [0, 0.05) is 28.7 Å². The van der Waals surface area contributed by atoms with Crippen LogP contribution in [0.5, 0.6) is 0 Å². The quantitative estimate of drug-likeness (QED) is 0.781. The minimum atomic E-state index is 0.752. The number of hydrogen-bond donors (Lipinski definition) is 1. The zero-order valence-corrected chi connectivity index (χ0v) is 12.0. The predicted molar refractivity (Wildman–Crippen MR) is 83.9 cm³/mol. The van der Waals surface area contributed by atoms with Crippen molar-refractivity contribution < 1.29 is 0 Å². The number of benzene rings is 1. The lowest BCUT2D eigenvalue weighted by Crippen LogP contribution is -2.01. The van der Waals surface area contributed by atoms with Gasteiger partial charge in [-0.15, -0.1) is 11.3 Å². The van der Waals surface area contributed by atoms with Crippen LogP contribution in [0, 0.1) is 6.92 Å². The molecule has 0 aliphatic heterocycles. The molecule has 3 rings (SSSR count). The first-order valence-electron chi connectivity index (χ1n) is 6.47. The van der Waals surface area contributed by atoms with Gasteiger partial charge in [-0.25, -0.2) is 4.98 Å². The lowest BCUT2D eigenvalue weighted by molar-refractivity contribution is 1.09. The van der Waals surface area contributed by atoms with E-state index in [9.17, 15) is 0 Å². The van der Waals surface area contributed by atoms with Gasteiger partial charge in [0.2, 0.25) is 0 Å². The fourth-order valence-corrected chi connectivity index (χ4v) is 2.83. The average Bonchev–Trinajstić information content (AvgIpc) is 2.93. The molecule has 0 saturated carbocycles. The van der Waals surface area contributed by atoms with Crippen LogP contribution in [0.15, 0.2) is 55.0 Å². The van der Waals surface area contributed by atoms with Crippen LogP contribution in [0.2, 0.25) is 0 Å². The molecule has 0 aliphatic rings. The van der Waals surface area contributed by atoms with Crippen LogP contribution >= 0.6 is 11.3 Å². The van der Waals surface area contributed by atoms with Gasteiger partial charge in [0.1, 0.15) is 5.82 Å². The fraction of sp³-hybridized carbons (Fsp3) is 0.125. The van der Waals surface area contributed by atoms with Crippen molar-refractivity contribution in [3.8, 4) is 10.4 Å². The molecule has 0 unspecified atom stereocenters. The number of anilines is 1. The van der Waals surface area contributed by atoms with Crippen LogP contribution in [0.1, 0.15) is 10.4 Å². The number of nitrogens with one attached hydrogen (secondary N) is 1. The molecule has 3 nitrogen and oxygen atoms in total. The maximum absolute atomic E-state index is 4.19. The predicted octanol–water partition coefficient (Wildman–Crippen LogP) is 4.13. The van der Waals surface area contributed by atoms with E-state index in [2.05, 4.69) is 58.6 Å². The second kappa shape index (κ2) is 5.84. The molecule has 0 spiro atoms. The minimum Gasteiger partial charge on any atom is -0.365 e. The summed E-state index contributed by atoms with van der Waals surface area (Å²) in [6, 6.07) is 13.0. The number of aromatic nitrogens is 2. The molecule has 100 valence electrons. The van der Waals surface area contributed by atoms with Crippen molar-refractivity contribution in [1.29, 1.82) is 0 Å². The molecule has 2 aromatic heterocycles. The Morgan fingerprint density at radius 1 is 1.05 bits per heavy atom. The maximum atomic E-state index is 4.19. The van der Waals surface area contributed by atoms with Crippen LogP contribution in [-0.4, -0.2) is 9.97 Å². The molecule has 0 saturated heterocycles. The van der Waals surface area contributed by atoms with E-state index in [-0.39, 0.29) is 0 Å². The largest absolute Gasteiger partial charge is 0.365 e. The first-order valence-corrected chi connectivity index (χ1v) is 7.28. The van der Waals surface area contributed by atoms with Crippen LogP contribution in [0.3, 0.4) is 0 Å². The first-order chi connectivity index (χ1) is 9.81. The Bertz CT molecular complexity index is 674. The highest BCUT2D eigenvalue weighted by Crippen LogP contribution is 2.27. The Kier molecular flexibility index (Phi) is 3.74. The van der Waals surface area contributed by atoms with E-state index < -0.39 is 0 Å². The topological polar surface area (TPSA) is 37.8 Å². The lowest BCUT2D eigenvalue weighted by atomic mass is 10.1. The summed E-state index contributed by atoms with van der Waals surface area (Å²) < 4.78 is 0. The Balaban J connectivity index is 1.67. The molecule has 0 fully saturated rings. The highest BCUT2D eigenvalue weighted by atomic mass is 32.1. The molecule has 0 amide bonds. The number of nitrogens with zero attached hydrogens (tertiary/aromatic N) is 2. The standard InChI is InChI=1S/C16H15N3S/c1-12-2-7-15(20-12)14-5-3-13(4-6-14)10-19-16-11-17-8-9-18-16/h2-9,11H,10H2,1H3,(H,18,19). The summed E-state index contributed by atoms with van der Waals surface area (Å²) in [7, 11) is 0. The van der Waals surface area contributed by atoms with E-state index in [0.29, 0.717) is 0 Å². The maximum Gasteiger partial charge on any atom is 0.144 e. The van der Waals surface area contributed by atoms with Gasteiger partial charge in [-0.3, -0.25) is 4.98 Å². The van der Waals surface area contributed by atoms with Crippen LogP contribution in [0.25, 0.3) is 10.4 Å². The minimum absolute atomic E-state index is 0.752. The molecule has 0 radical (unpaired) electrons. The van der Waals surface area contributed by atoms with E-state index in [1.165, 1.54) is 20.9 Å². The summed E-state index contributed by atoms with van der Waals surface area (Å²) in [5, 5.41) is 3.25. The molecular formula is C16H15N3S. The number of hydrogen-bond acceptors (Lipinski definition) is 4. The number of rotatable bonds is 4. The molecule has 0 atom stereocenters. The van der Waals surface area contributed by atoms with Gasteiger partial charge in [0.05, 0.1) is 6.20 Å². The number of aryl methyl sites for hydroxylation is 1. The van der Waals surface area contributed by atoms with Crippen molar-refractivity contribution in [1.82, 2.24) is 9.97 Å². The zero-order valence-electron chi connectivity index (χ0n) is 11.2. The van der Waals surface area contributed by atoms with Crippen molar-refractivity contribution in [3.63, 3.8) is 0 Å². The molecule has 3 aromatic rings. The van der Waals surface area contributed by atoms with Gasteiger partial charge in [-0.2, -0.15) is 0 Å². The van der Waals surface area contributed by atoms with E-state index in [0.717, 1.165) is 12.4 Å². The summed E-state index contributed by atoms with van der Waals surface area (Å²) in [6.07, 6.45) is 5.08. The Morgan fingerprint density at radius 3 is 2.55 bits per heavy atom. The summed E-state index contributed by atoms with van der Waals surface area (Å²) in [6.45, 7) is 2.88.